The number of urea groups is 1. The number of likely N-dealkylation sites (tertiary alicyclic amines) is 1. The number of aliphatic carboxylic acids is 1. The number of carboxylic acid groups (broad SMARTS) is 1. The number of hydrogen-bond donors (Lipinski definition) is 3. The third-order valence-electron chi connectivity index (χ3n) is 2.98. The molecule has 1 atom stereocenters. The van der Waals surface area contributed by atoms with Crippen molar-refractivity contribution in [1.29, 1.82) is 0 Å². The van der Waals surface area contributed by atoms with Crippen LogP contribution in [-0.4, -0.2) is 53.6 Å². The predicted octanol–water partition coefficient (Wildman–Crippen LogP) is 0.161. The van der Waals surface area contributed by atoms with Crippen molar-refractivity contribution in [3.63, 3.8) is 0 Å². The van der Waals surface area contributed by atoms with E-state index in [0.717, 1.165) is 6.42 Å². The number of amides is 3. The Morgan fingerprint density at radius 2 is 2.05 bits per heavy atom. The molecule has 0 aromatic carbocycles. The van der Waals surface area contributed by atoms with Gasteiger partial charge in [-0.15, -0.1) is 0 Å². The van der Waals surface area contributed by atoms with E-state index in [1.165, 1.54) is 6.92 Å². The third kappa shape index (κ3) is 6.08. The van der Waals surface area contributed by atoms with Crippen molar-refractivity contribution >= 4 is 17.9 Å². The third-order valence-corrected chi connectivity index (χ3v) is 2.98. The van der Waals surface area contributed by atoms with E-state index >= 15 is 0 Å². The van der Waals surface area contributed by atoms with Gasteiger partial charge in [-0.05, 0) is 19.3 Å². The molecule has 1 heterocycles. The summed E-state index contributed by atoms with van der Waals surface area (Å²) >= 11 is 0. The number of carbonyl (C=O) groups is 3. The molecule has 7 nitrogen and oxygen atoms in total. The Morgan fingerprint density at radius 3 is 2.68 bits per heavy atom. The molecule has 1 saturated heterocycles. The zero-order valence-corrected chi connectivity index (χ0v) is 11.1. The molecule has 1 aliphatic rings. The molecule has 19 heavy (non-hydrogen) atoms. The highest BCUT2D eigenvalue weighted by atomic mass is 16.4. The van der Waals surface area contributed by atoms with Crippen molar-refractivity contribution in [2.45, 2.75) is 38.6 Å². The SMILES string of the molecule is CC(=O)NC1CCN(C(=O)NCCCCC(=O)O)C1. The van der Waals surface area contributed by atoms with E-state index in [1.807, 2.05) is 0 Å². The first-order valence-corrected chi connectivity index (χ1v) is 6.50. The molecule has 7 heteroatoms. The number of unbranched alkanes of at least 4 members (excludes halogenated alkanes) is 1. The number of nitrogens with one attached hydrogen (secondary N) is 2. The van der Waals surface area contributed by atoms with E-state index in [9.17, 15) is 14.4 Å². The van der Waals surface area contributed by atoms with Crippen molar-refractivity contribution in [3.8, 4) is 0 Å². The Morgan fingerprint density at radius 1 is 1.32 bits per heavy atom. The molecule has 1 rings (SSSR count). The fraction of sp³-hybridized carbons (Fsp3) is 0.750. The minimum absolute atomic E-state index is 0.0373. The van der Waals surface area contributed by atoms with Gasteiger partial charge in [0.25, 0.3) is 0 Å². The lowest BCUT2D eigenvalue weighted by Crippen LogP contribution is -2.41. The normalized spacial score (nSPS) is 18.2. The number of rotatable bonds is 6. The summed E-state index contributed by atoms with van der Waals surface area (Å²) in [5.41, 5.74) is 0. The van der Waals surface area contributed by atoms with Crippen molar-refractivity contribution in [2.24, 2.45) is 0 Å². The smallest absolute Gasteiger partial charge is 0.317 e. The quantitative estimate of drug-likeness (QED) is 0.599. The summed E-state index contributed by atoms with van der Waals surface area (Å²) in [6.07, 6.45) is 2.11. The lowest BCUT2D eigenvalue weighted by atomic mass is 10.2. The second-order valence-electron chi connectivity index (χ2n) is 4.71. The van der Waals surface area contributed by atoms with Crippen LogP contribution in [0.1, 0.15) is 32.6 Å². The average molecular weight is 271 g/mol. The fourth-order valence-corrected chi connectivity index (χ4v) is 2.06. The van der Waals surface area contributed by atoms with Gasteiger partial charge >= 0.3 is 12.0 Å². The van der Waals surface area contributed by atoms with Crippen LogP contribution in [0.25, 0.3) is 0 Å². The Bertz CT molecular complexity index is 346. The van der Waals surface area contributed by atoms with Crippen molar-refractivity contribution < 1.29 is 19.5 Å². The van der Waals surface area contributed by atoms with Crippen LogP contribution >= 0.6 is 0 Å². The summed E-state index contributed by atoms with van der Waals surface area (Å²) in [6.45, 7) is 3.10. The van der Waals surface area contributed by atoms with Crippen LogP contribution in [0.2, 0.25) is 0 Å². The molecular weight excluding hydrogens is 250 g/mol. The van der Waals surface area contributed by atoms with Gasteiger partial charge in [0.2, 0.25) is 5.91 Å². The first kappa shape index (κ1) is 15.3. The van der Waals surface area contributed by atoms with Gasteiger partial charge in [0, 0.05) is 39.0 Å². The van der Waals surface area contributed by atoms with Gasteiger partial charge in [0.1, 0.15) is 0 Å². The van der Waals surface area contributed by atoms with E-state index < -0.39 is 5.97 Å². The van der Waals surface area contributed by atoms with E-state index in [1.54, 1.807) is 4.90 Å². The Balaban J connectivity index is 2.13. The summed E-state index contributed by atoms with van der Waals surface area (Å²) in [7, 11) is 0. The lowest BCUT2D eigenvalue weighted by Gasteiger charge is -2.17. The number of nitrogens with zero attached hydrogens (tertiary/aromatic N) is 1. The van der Waals surface area contributed by atoms with Crippen LogP contribution in [0, 0.1) is 0 Å². The van der Waals surface area contributed by atoms with Gasteiger partial charge in [-0.2, -0.15) is 0 Å². The molecule has 1 unspecified atom stereocenters. The highest BCUT2D eigenvalue weighted by Gasteiger charge is 2.26. The molecule has 0 saturated carbocycles. The maximum Gasteiger partial charge on any atom is 0.317 e. The molecule has 0 aromatic rings. The first-order chi connectivity index (χ1) is 8.99. The summed E-state index contributed by atoms with van der Waals surface area (Å²) in [6, 6.07) is -0.113. The minimum atomic E-state index is -0.816. The fourth-order valence-electron chi connectivity index (χ4n) is 2.06. The largest absolute Gasteiger partial charge is 0.481 e. The zero-order chi connectivity index (χ0) is 14.3. The van der Waals surface area contributed by atoms with Crippen LogP contribution in [-0.2, 0) is 9.59 Å². The lowest BCUT2D eigenvalue weighted by molar-refractivity contribution is -0.137. The van der Waals surface area contributed by atoms with Gasteiger partial charge in [-0.25, -0.2) is 4.79 Å². The molecule has 1 aliphatic heterocycles. The monoisotopic (exact) mass is 271 g/mol. The number of carbonyl (C=O) groups excluding carboxylic acids is 2. The number of hydrogen-bond acceptors (Lipinski definition) is 3. The summed E-state index contributed by atoms with van der Waals surface area (Å²) in [4.78, 5) is 34.6. The predicted molar refractivity (Wildman–Crippen MR) is 68.7 cm³/mol. The first-order valence-electron chi connectivity index (χ1n) is 6.50. The maximum absolute atomic E-state index is 11.8. The Labute approximate surface area is 112 Å². The molecule has 3 N–H and O–H groups in total. The molecule has 0 aromatic heterocycles. The molecule has 3 amide bonds. The topological polar surface area (TPSA) is 98.7 Å². The second-order valence-corrected chi connectivity index (χ2v) is 4.71. The van der Waals surface area contributed by atoms with Crippen LogP contribution in [0.3, 0.4) is 0 Å². The highest BCUT2D eigenvalue weighted by molar-refractivity contribution is 5.75. The molecule has 0 radical (unpaired) electrons. The molecular formula is C12H21N3O4. The molecule has 108 valence electrons. The summed E-state index contributed by atoms with van der Waals surface area (Å²) in [5, 5.41) is 14.0. The average Bonchev–Trinajstić information content (AvgIpc) is 2.75. The Kier molecular flexibility index (Phi) is 6.11. The van der Waals surface area contributed by atoms with E-state index in [-0.39, 0.29) is 24.4 Å². The zero-order valence-electron chi connectivity index (χ0n) is 11.1. The van der Waals surface area contributed by atoms with Gasteiger partial charge in [0.05, 0.1) is 0 Å². The van der Waals surface area contributed by atoms with Gasteiger partial charge in [0.15, 0.2) is 0 Å². The van der Waals surface area contributed by atoms with Crippen LogP contribution in [0.4, 0.5) is 4.79 Å². The van der Waals surface area contributed by atoms with Crippen LogP contribution in [0.5, 0.6) is 0 Å². The Hall–Kier alpha value is -1.79. The van der Waals surface area contributed by atoms with E-state index in [4.69, 9.17) is 5.11 Å². The number of carboxylic acids is 1. The standard InChI is InChI=1S/C12H21N3O4/c1-9(16)14-10-5-7-15(8-10)12(19)13-6-3-2-4-11(17)18/h10H,2-8H2,1H3,(H,13,19)(H,14,16)(H,17,18). The molecule has 0 aliphatic carbocycles. The van der Waals surface area contributed by atoms with Crippen LogP contribution in [0.15, 0.2) is 0 Å². The summed E-state index contributed by atoms with van der Waals surface area (Å²) < 4.78 is 0. The second kappa shape index (κ2) is 7.60. The maximum atomic E-state index is 11.8. The van der Waals surface area contributed by atoms with Gasteiger partial charge in [-0.1, -0.05) is 0 Å². The minimum Gasteiger partial charge on any atom is -0.481 e. The van der Waals surface area contributed by atoms with E-state index in [2.05, 4.69) is 10.6 Å². The molecule has 0 bridgehead atoms. The van der Waals surface area contributed by atoms with Crippen molar-refractivity contribution in [3.05, 3.63) is 0 Å². The van der Waals surface area contributed by atoms with Gasteiger partial charge in [-0.3, -0.25) is 9.59 Å². The van der Waals surface area contributed by atoms with Gasteiger partial charge < -0.3 is 20.6 Å². The molecule has 0 spiro atoms. The molecule has 1 fully saturated rings. The van der Waals surface area contributed by atoms with Crippen molar-refractivity contribution in [1.82, 2.24) is 15.5 Å². The summed E-state index contributed by atoms with van der Waals surface area (Å²) in [5.74, 6) is -0.898. The highest BCUT2D eigenvalue weighted by Crippen LogP contribution is 2.09. The van der Waals surface area contributed by atoms with Crippen LogP contribution < -0.4 is 10.6 Å². The van der Waals surface area contributed by atoms with E-state index in [0.29, 0.717) is 32.5 Å². The van der Waals surface area contributed by atoms with Crippen molar-refractivity contribution in [2.75, 3.05) is 19.6 Å².